The van der Waals surface area contributed by atoms with Crippen LogP contribution in [0.15, 0.2) is 22.7 Å². The number of phenols is 1. The molecule has 0 aliphatic heterocycles. The highest BCUT2D eigenvalue weighted by atomic mass is 79.9. The molecule has 0 aliphatic carbocycles. The Morgan fingerprint density at radius 1 is 1.31 bits per heavy atom. The highest BCUT2D eigenvalue weighted by Gasteiger charge is 2.15. The summed E-state index contributed by atoms with van der Waals surface area (Å²) in [4.78, 5) is 0. The largest absolute Gasteiger partial charge is 0.508 e. The minimum absolute atomic E-state index is 0.414. The molecule has 0 heterocycles. The average molecular weight is 259 g/mol. The van der Waals surface area contributed by atoms with Crippen LogP contribution < -0.4 is 0 Å². The zero-order valence-electron chi connectivity index (χ0n) is 8.26. The van der Waals surface area contributed by atoms with Crippen molar-refractivity contribution in [2.24, 2.45) is 0 Å². The highest BCUT2D eigenvalue weighted by molar-refractivity contribution is 9.10. The second-order valence-corrected chi connectivity index (χ2v) is 10.9. The van der Waals surface area contributed by atoms with Crippen molar-refractivity contribution in [1.29, 1.82) is 0 Å². The normalized spacial score (nSPS) is 11.7. The summed E-state index contributed by atoms with van der Waals surface area (Å²) in [6.07, 6.45) is 0. The van der Waals surface area contributed by atoms with Crippen LogP contribution in [0.25, 0.3) is 0 Å². The van der Waals surface area contributed by atoms with Crippen LogP contribution in [0.4, 0.5) is 0 Å². The molecule has 1 N–H and O–H groups in total. The molecule has 0 unspecified atom stereocenters. The van der Waals surface area contributed by atoms with Gasteiger partial charge in [0.2, 0.25) is 0 Å². The Morgan fingerprint density at radius 3 is 2.38 bits per heavy atom. The Morgan fingerprint density at radius 2 is 1.92 bits per heavy atom. The van der Waals surface area contributed by atoms with Crippen LogP contribution in [0.1, 0.15) is 5.56 Å². The monoisotopic (exact) mass is 258 g/mol. The van der Waals surface area contributed by atoms with Gasteiger partial charge in [0, 0.05) is 12.5 Å². The first kappa shape index (κ1) is 10.8. The Kier molecular flexibility index (Phi) is 3.19. The van der Waals surface area contributed by atoms with Gasteiger partial charge >= 0.3 is 0 Å². The van der Waals surface area contributed by atoms with E-state index in [0.717, 1.165) is 16.1 Å². The van der Waals surface area contributed by atoms with Gasteiger partial charge in [-0.25, -0.2) is 0 Å². The van der Waals surface area contributed by atoms with Gasteiger partial charge in [0.25, 0.3) is 0 Å². The summed E-state index contributed by atoms with van der Waals surface area (Å²) in [6, 6.07) is 6.77. The van der Waals surface area contributed by atoms with Crippen molar-refractivity contribution < 1.29 is 5.11 Å². The lowest BCUT2D eigenvalue weighted by atomic mass is 10.2. The van der Waals surface area contributed by atoms with E-state index >= 15 is 0 Å². The maximum atomic E-state index is 9.65. The van der Waals surface area contributed by atoms with Gasteiger partial charge in [0.05, 0.1) is 0 Å². The van der Waals surface area contributed by atoms with Crippen LogP contribution in [0.3, 0.4) is 0 Å². The van der Waals surface area contributed by atoms with E-state index in [2.05, 4.69) is 35.6 Å². The van der Waals surface area contributed by atoms with Gasteiger partial charge in [-0.15, -0.1) is 0 Å². The number of phenolic OH excluding ortho intramolecular Hbond substituents is 1. The Balaban J connectivity index is 2.90. The number of hydrogen-bond acceptors (Lipinski definition) is 1. The molecule has 0 aromatic heterocycles. The van der Waals surface area contributed by atoms with E-state index in [1.165, 1.54) is 0 Å². The minimum atomic E-state index is -1.12. The van der Waals surface area contributed by atoms with Gasteiger partial charge in [-0.3, -0.25) is 0 Å². The van der Waals surface area contributed by atoms with Crippen molar-refractivity contribution in [1.82, 2.24) is 0 Å². The van der Waals surface area contributed by atoms with Crippen LogP contribution in [0.5, 0.6) is 5.75 Å². The molecular formula is C10H15BrOSi. The van der Waals surface area contributed by atoms with Crippen LogP contribution in [0, 0.1) is 0 Å². The lowest BCUT2D eigenvalue weighted by Crippen LogP contribution is -2.23. The molecule has 0 bridgehead atoms. The number of aromatic hydroxyl groups is 1. The third-order valence-electron chi connectivity index (χ3n) is 1.77. The maximum Gasteiger partial charge on any atom is 0.119 e. The number of benzene rings is 1. The Hall–Kier alpha value is -0.283. The van der Waals surface area contributed by atoms with Gasteiger partial charge in [-0.1, -0.05) is 41.6 Å². The van der Waals surface area contributed by atoms with Gasteiger partial charge in [-0.05, 0) is 23.7 Å². The molecule has 1 aromatic rings. The molecule has 1 rings (SSSR count). The first-order valence-electron chi connectivity index (χ1n) is 4.36. The summed E-state index contributed by atoms with van der Waals surface area (Å²) in [5, 5.41) is 9.65. The van der Waals surface area contributed by atoms with Crippen molar-refractivity contribution in [3.05, 3.63) is 28.2 Å². The molecule has 72 valence electrons. The standard InChI is InChI=1S/C10H15BrOSi/c1-13(2,3)7-8-4-5-9(11)6-10(8)12/h4-6,12H,7H2,1-3H3. The molecule has 1 aromatic carbocycles. The maximum absolute atomic E-state index is 9.65. The van der Waals surface area contributed by atoms with Crippen LogP contribution in [-0.4, -0.2) is 13.2 Å². The smallest absolute Gasteiger partial charge is 0.119 e. The quantitative estimate of drug-likeness (QED) is 0.805. The van der Waals surface area contributed by atoms with Crippen molar-refractivity contribution in [3.8, 4) is 5.75 Å². The number of rotatable bonds is 2. The van der Waals surface area contributed by atoms with E-state index in [-0.39, 0.29) is 0 Å². The summed E-state index contributed by atoms with van der Waals surface area (Å²) in [6.45, 7) is 6.90. The molecule has 13 heavy (non-hydrogen) atoms. The molecule has 0 atom stereocenters. The fourth-order valence-electron chi connectivity index (χ4n) is 1.26. The molecule has 3 heteroatoms. The average Bonchev–Trinajstić information content (AvgIpc) is 1.93. The van der Waals surface area contributed by atoms with E-state index in [1.54, 1.807) is 6.07 Å². The SMILES string of the molecule is C[Si](C)(C)Cc1ccc(Br)cc1O. The lowest BCUT2D eigenvalue weighted by Gasteiger charge is -2.16. The first-order chi connectivity index (χ1) is 5.88. The molecule has 0 fully saturated rings. The second-order valence-electron chi connectivity index (χ2n) is 4.51. The van der Waals surface area contributed by atoms with Gasteiger partial charge in [0.1, 0.15) is 5.75 Å². The van der Waals surface area contributed by atoms with E-state index < -0.39 is 8.07 Å². The van der Waals surface area contributed by atoms with E-state index in [0.29, 0.717) is 5.75 Å². The van der Waals surface area contributed by atoms with Crippen LogP contribution in [-0.2, 0) is 6.04 Å². The summed E-state index contributed by atoms with van der Waals surface area (Å²) in [5.74, 6) is 0.414. The fraction of sp³-hybridized carbons (Fsp3) is 0.400. The third kappa shape index (κ3) is 3.52. The Labute approximate surface area is 88.9 Å². The lowest BCUT2D eigenvalue weighted by molar-refractivity contribution is 0.470. The van der Waals surface area contributed by atoms with Crippen molar-refractivity contribution >= 4 is 24.0 Å². The summed E-state index contributed by atoms with van der Waals surface area (Å²) in [5.41, 5.74) is 1.07. The molecule has 0 spiro atoms. The molecule has 1 nitrogen and oxygen atoms in total. The third-order valence-corrected chi connectivity index (χ3v) is 3.70. The van der Waals surface area contributed by atoms with Crippen molar-refractivity contribution in [2.45, 2.75) is 25.7 Å². The molecule has 0 saturated heterocycles. The molecule has 0 aliphatic rings. The number of halogens is 1. The molecule has 0 amide bonds. The predicted molar refractivity (Wildman–Crippen MR) is 62.9 cm³/mol. The molecule has 0 saturated carbocycles. The molecule has 0 radical (unpaired) electrons. The zero-order chi connectivity index (χ0) is 10.1. The molecular weight excluding hydrogens is 244 g/mol. The van der Waals surface area contributed by atoms with Gasteiger partial charge in [-0.2, -0.15) is 0 Å². The van der Waals surface area contributed by atoms with Crippen LogP contribution in [0.2, 0.25) is 19.6 Å². The van der Waals surface area contributed by atoms with Crippen molar-refractivity contribution in [3.63, 3.8) is 0 Å². The summed E-state index contributed by atoms with van der Waals surface area (Å²) in [7, 11) is -1.12. The topological polar surface area (TPSA) is 20.2 Å². The predicted octanol–water partition coefficient (Wildman–Crippen LogP) is 3.57. The fourth-order valence-corrected chi connectivity index (χ4v) is 3.05. The first-order valence-corrected chi connectivity index (χ1v) is 8.86. The highest BCUT2D eigenvalue weighted by Crippen LogP contribution is 2.25. The van der Waals surface area contributed by atoms with E-state index in [9.17, 15) is 5.11 Å². The van der Waals surface area contributed by atoms with E-state index in [1.807, 2.05) is 12.1 Å². The van der Waals surface area contributed by atoms with Crippen molar-refractivity contribution in [2.75, 3.05) is 0 Å². The van der Waals surface area contributed by atoms with E-state index in [4.69, 9.17) is 0 Å². The number of hydrogen-bond donors (Lipinski definition) is 1. The van der Waals surface area contributed by atoms with Gasteiger partial charge < -0.3 is 5.11 Å². The minimum Gasteiger partial charge on any atom is -0.508 e. The second kappa shape index (κ2) is 3.84. The Bertz CT molecular complexity index is 304. The van der Waals surface area contributed by atoms with Crippen LogP contribution >= 0.6 is 15.9 Å². The van der Waals surface area contributed by atoms with Gasteiger partial charge in [0.15, 0.2) is 0 Å². The summed E-state index contributed by atoms with van der Waals surface area (Å²) < 4.78 is 0.935. The summed E-state index contributed by atoms with van der Waals surface area (Å²) >= 11 is 3.33. The zero-order valence-corrected chi connectivity index (χ0v) is 10.9.